The molecule has 0 aliphatic heterocycles. The van der Waals surface area contributed by atoms with E-state index in [-0.39, 0.29) is 10.8 Å². The monoisotopic (exact) mass is 459 g/mol. The maximum absolute atomic E-state index is 12.6. The summed E-state index contributed by atoms with van der Waals surface area (Å²) < 4.78 is 28.0. The number of benzene rings is 2. The van der Waals surface area contributed by atoms with Gasteiger partial charge in [-0.15, -0.1) is 0 Å². The van der Waals surface area contributed by atoms with Crippen LogP contribution >= 0.6 is 11.6 Å². The highest BCUT2D eigenvalue weighted by Crippen LogP contribution is 2.24. The van der Waals surface area contributed by atoms with Crippen molar-refractivity contribution in [2.24, 2.45) is 0 Å². The molecule has 10 heteroatoms. The first-order valence-electron chi connectivity index (χ1n) is 9.59. The van der Waals surface area contributed by atoms with Crippen LogP contribution in [0.25, 0.3) is 11.8 Å². The van der Waals surface area contributed by atoms with E-state index in [4.69, 9.17) is 11.6 Å². The van der Waals surface area contributed by atoms with Gasteiger partial charge < -0.3 is 5.32 Å². The summed E-state index contributed by atoms with van der Waals surface area (Å²) in [4.78, 5) is 16.5. The van der Waals surface area contributed by atoms with Crippen LogP contribution in [0.3, 0.4) is 0 Å². The molecule has 0 saturated heterocycles. The van der Waals surface area contributed by atoms with Crippen molar-refractivity contribution < 1.29 is 13.2 Å². The number of anilines is 1. The van der Waals surface area contributed by atoms with E-state index in [0.29, 0.717) is 35.1 Å². The van der Waals surface area contributed by atoms with Crippen molar-refractivity contribution in [3.05, 3.63) is 71.8 Å². The van der Waals surface area contributed by atoms with E-state index in [1.165, 1.54) is 39.9 Å². The van der Waals surface area contributed by atoms with E-state index in [0.717, 1.165) is 0 Å². The molecule has 1 N–H and O–H groups in total. The number of carbonyl (C=O) groups excluding carboxylic acids is 1. The van der Waals surface area contributed by atoms with Crippen LogP contribution in [-0.4, -0.2) is 46.5 Å². The zero-order chi connectivity index (χ0) is 22.4. The second-order valence-corrected chi connectivity index (χ2v) is 8.86. The lowest BCUT2D eigenvalue weighted by Gasteiger charge is -2.18. The van der Waals surface area contributed by atoms with E-state index >= 15 is 0 Å². The van der Waals surface area contributed by atoms with E-state index < -0.39 is 10.0 Å². The SMILES string of the molecule is CCN(CC)S(=O)(=O)c1ccc(/C=C/C(=O)Nc2cc(Cl)ccc2-n2cncn2)cc1. The smallest absolute Gasteiger partial charge is 0.248 e. The normalized spacial score (nSPS) is 11.9. The molecular weight excluding hydrogens is 438 g/mol. The van der Waals surface area contributed by atoms with Gasteiger partial charge in [-0.1, -0.05) is 37.6 Å². The summed E-state index contributed by atoms with van der Waals surface area (Å²) in [5.41, 5.74) is 1.79. The van der Waals surface area contributed by atoms with Crippen LogP contribution in [0.1, 0.15) is 19.4 Å². The van der Waals surface area contributed by atoms with Gasteiger partial charge in [-0.05, 0) is 42.0 Å². The van der Waals surface area contributed by atoms with Gasteiger partial charge in [0.2, 0.25) is 15.9 Å². The molecule has 2 aromatic carbocycles. The number of rotatable bonds is 8. The topological polar surface area (TPSA) is 97.2 Å². The number of carbonyl (C=O) groups is 1. The Hall–Kier alpha value is -3.01. The first-order chi connectivity index (χ1) is 14.8. The van der Waals surface area contributed by atoms with Gasteiger partial charge in [-0.3, -0.25) is 4.79 Å². The molecule has 0 radical (unpaired) electrons. The Kier molecular flexibility index (Phi) is 7.21. The van der Waals surface area contributed by atoms with E-state index in [1.54, 1.807) is 50.3 Å². The highest BCUT2D eigenvalue weighted by Gasteiger charge is 2.20. The second-order valence-electron chi connectivity index (χ2n) is 6.48. The molecule has 31 heavy (non-hydrogen) atoms. The number of hydrogen-bond donors (Lipinski definition) is 1. The molecule has 8 nitrogen and oxygen atoms in total. The molecule has 0 unspecified atom stereocenters. The Balaban J connectivity index is 1.74. The first-order valence-corrected chi connectivity index (χ1v) is 11.4. The van der Waals surface area contributed by atoms with Gasteiger partial charge in [0.05, 0.1) is 16.3 Å². The predicted molar refractivity (Wildman–Crippen MR) is 121 cm³/mol. The minimum Gasteiger partial charge on any atom is -0.321 e. The number of amides is 1. The summed E-state index contributed by atoms with van der Waals surface area (Å²) in [7, 11) is -3.52. The highest BCUT2D eigenvalue weighted by atomic mass is 35.5. The Morgan fingerprint density at radius 3 is 2.48 bits per heavy atom. The molecule has 0 atom stereocenters. The molecule has 1 amide bonds. The van der Waals surface area contributed by atoms with Crippen LogP contribution < -0.4 is 5.32 Å². The quantitative estimate of drug-likeness (QED) is 0.519. The summed E-state index contributed by atoms with van der Waals surface area (Å²) in [5.74, 6) is -0.372. The van der Waals surface area contributed by atoms with Crippen LogP contribution in [0.5, 0.6) is 0 Å². The number of halogens is 1. The summed E-state index contributed by atoms with van der Waals surface area (Å²) >= 11 is 6.06. The number of sulfonamides is 1. The van der Waals surface area contributed by atoms with E-state index in [9.17, 15) is 13.2 Å². The van der Waals surface area contributed by atoms with Gasteiger partial charge in [0.1, 0.15) is 12.7 Å². The van der Waals surface area contributed by atoms with E-state index in [1.807, 2.05) is 0 Å². The van der Waals surface area contributed by atoms with Gasteiger partial charge in [-0.2, -0.15) is 9.40 Å². The summed E-state index contributed by atoms with van der Waals surface area (Å²) in [6.07, 6.45) is 5.87. The molecular formula is C21H22ClN5O3S. The van der Waals surface area contributed by atoms with Crippen molar-refractivity contribution in [1.29, 1.82) is 0 Å². The van der Waals surface area contributed by atoms with Crippen molar-refractivity contribution in [2.45, 2.75) is 18.7 Å². The Bertz CT molecular complexity index is 1170. The fraction of sp³-hybridized carbons (Fsp3) is 0.190. The fourth-order valence-corrected chi connectivity index (χ4v) is 4.58. The van der Waals surface area contributed by atoms with Crippen molar-refractivity contribution in [1.82, 2.24) is 19.1 Å². The van der Waals surface area contributed by atoms with Crippen LogP contribution in [0.15, 0.2) is 66.1 Å². The van der Waals surface area contributed by atoms with Crippen molar-refractivity contribution in [2.75, 3.05) is 18.4 Å². The lowest BCUT2D eigenvalue weighted by molar-refractivity contribution is -0.111. The Labute approximate surface area is 186 Å². The molecule has 3 rings (SSSR count). The molecule has 0 bridgehead atoms. The minimum absolute atomic E-state index is 0.217. The average molecular weight is 460 g/mol. The minimum atomic E-state index is -3.52. The molecule has 3 aromatic rings. The molecule has 0 saturated carbocycles. The number of nitrogens with zero attached hydrogens (tertiary/aromatic N) is 4. The zero-order valence-electron chi connectivity index (χ0n) is 17.1. The fourth-order valence-electron chi connectivity index (χ4n) is 2.95. The van der Waals surface area contributed by atoms with Crippen LogP contribution in [0.4, 0.5) is 5.69 Å². The van der Waals surface area contributed by atoms with Gasteiger partial charge in [0, 0.05) is 24.2 Å². The van der Waals surface area contributed by atoms with Gasteiger partial charge in [-0.25, -0.2) is 18.1 Å². The molecule has 1 heterocycles. The second kappa shape index (κ2) is 9.86. The average Bonchev–Trinajstić information content (AvgIpc) is 3.28. The predicted octanol–water partition coefficient (Wildman–Crippen LogP) is 3.60. The largest absolute Gasteiger partial charge is 0.321 e. The van der Waals surface area contributed by atoms with Crippen LogP contribution in [0.2, 0.25) is 5.02 Å². The molecule has 0 spiro atoms. The summed E-state index contributed by atoms with van der Waals surface area (Å²) in [6, 6.07) is 11.4. The van der Waals surface area contributed by atoms with Crippen molar-refractivity contribution >= 4 is 39.3 Å². The van der Waals surface area contributed by atoms with Gasteiger partial charge in [0.15, 0.2) is 0 Å². The van der Waals surface area contributed by atoms with Crippen molar-refractivity contribution in [3.63, 3.8) is 0 Å². The third-order valence-corrected chi connectivity index (χ3v) is 6.83. The number of aromatic nitrogens is 3. The first kappa shape index (κ1) is 22.7. The third-order valence-electron chi connectivity index (χ3n) is 4.53. The van der Waals surface area contributed by atoms with Gasteiger partial charge in [0.25, 0.3) is 0 Å². The number of nitrogens with one attached hydrogen (secondary N) is 1. The molecule has 0 aliphatic rings. The lowest BCUT2D eigenvalue weighted by atomic mass is 10.2. The highest BCUT2D eigenvalue weighted by molar-refractivity contribution is 7.89. The van der Waals surface area contributed by atoms with Crippen molar-refractivity contribution in [3.8, 4) is 5.69 Å². The van der Waals surface area contributed by atoms with Crippen LogP contribution in [0, 0.1) is 0 Å². The third kappa shape index (κ3) is 5.38. The Morgan fingerprint density at radius 2 is 1.87 bits per heavy atom. The molecule has 0 fully saturated rings. The maximum Gasteiger partial charge on any atom is 0.248 e. The van der Waals surface area contributed by atoms with E-state index in [2.05, 4.69) is 15.4 Å². The summed E-state index contributed by atoms with van der Waals surface area (Å²) in [6.45, 7) is 4.40. The number of hydrogen-bond acceptors (Lipinski definition) is 5. The Morgan fingerprint density at radius 1 is 1.16 bits per heavy atom. The molecule has 0 aliphatic carbocycles. The maximum atomic E-state index is 12.6. The van der Waals surface area contributed by atoms with Crippen LogP contribution in [-0.2, 0) is 14.8 Å². The standard InChI is InChI=1S/C21H22ClN5O3S/c1-3-26(4-2)31(29,30)18-9-5-16(6-10-18)7-12-21(28)25-19-13-17(22)8-11-20(19)27-15-23-14-24-27/h5-15H,3-4H2,1-2H3,(H,25,28)/b12-7+. The lowest BCUT2D eigenvalue weighted by Crippen LogP contribution is -2.30. The summed E-state index contributed by atoms with van der Waals surface area (Å²) in [5, 5.41) is 7.31. The van der Waals surface area contributed by atoms with Gasteiger partial charge >= 0.3 is 0 Å². The zero-order valence-corrected chi connectivity index (χ0v) is 18.6. The molecule has 1 aromatic heterocycles. The molecule has 162 valence electrons.